The first-order valence-corrected chi connectivity index (χ1v) is 11.3. The van der Waals surface area contributed by atoms with Crippen LogP contribution in [0.2, 0.25) is 0 Å². The largest absolute Gasteiger partial charge is 0.479 e. The second-order valence-corrected chi connectivity index (χ2v) is 7.73. The molecule has 0 aromatic carbocycles. The Morgan fingerprint density at radius 3 is 1.41 bits per heavy atom. The van der Waals surface area contributed by atoms with Crippen molar-refractivity contribution >= 4 is 5.97 Å². The van der Waals surface area contributed by atoms with Crippen LogP contribution in [0.1, 0.15) is 116 Å². The third-order valence-corrected chi connectivity index (χ3v) is 5.09. The molecular weight excluding hydrogens is 336 g/mol. The number of unbranched alkanes of at least 4 members (excludes halogenated alkanes) is 16. The van der Waals surface area contributed by atoms with Gasteiger partial charge in [0.2, 0.25) is 0 Å². The van der Waals surface area contributed by atoms with E-state index in [-0.39, 0.29) is 6.42 Å². The zero-order chi connectivity index (χ0) is 20.0. The molecule has 0 spiro atoms. The van der Waals surface area contributed by atoms with Gasteiger partial charge in [0.15, 0.2) is 6.10 Å². The molecule has 0 saturated carbocycles. The Morgan fingerprint density at radius 1 is 0.667 bits per heavy atom. The van der Waals surface area contributed by atoms with Crippen LogP contribution in [0.25, 0.3) is 0 Å². The molecule has 0 radical (unpaired) electrons. The molecule has 0 rings (SSSR count). The maximum Gasteiger partial charge on any atom is 0.332 e. The van der Waals surface area contributed by atoms with Crippen molar-refractivity contribution in [1.29, 1.82) is 0 Å². The second kappa shape index (κ2) is 21.2. The van der Waals surface area contributed by atoms with E-state index in [1.807, 2.05) is 12.2 Å². The van der Waals surface area contributed by atoms with E-state index in [0.29, 0.717) is 0 Å². The lowest BCUT2D eigenvalue weighted by Crippen LogP contribution is -2.17. The van der Waals surface area contributed by atoms with E-state index in [9.17, 15) is 4.79 Å². The third-order valence-electron chi connectivity index (χ3n) is 5.09. The normalized spacial score (nSPS) is 12.5. The van der Waals surface area contributed by atoms with Crippen LogP contribution in [-0.4, -0.2) is 22.3 Å². The van der Waals surface area contributed by atoms with Gasteiger partial charge in [0, 0.05) is 6.42 Å². The molecule has 1 atom stereocenters. The van der Waals surface area contributed by atoms with Gasteiger partial charge in [-0.05, 0) is 25.7 Å². The standard InChI is InChI=1S/C24H44O3/c1-2-3-4-5-6-7-8-9-10-11-12-13-14-15-16-17-18-19-20-21-22-23(25)24(26)27/h2,20-21,23,25H,1,3-19,22H2,(H,26,27)/b21-20+. The summed E-state index contributed by atoms with van der Waals surface area (Å²) in [6, 6.07) is 0. The number of carbonyl (C=O) groups is 1. The number of aliphatic hydroxyl groups excluding tert-OH is 1. The molecule has 0 amide bonds. The average molecular weight is 381 g/mol. The lowest BCUT2D eigenvalue weighted by Gasteiger charge is -2.03. The fourth-order valence-electron chi connectivity index (χ4n) is 3.29. The number of rotatable bonds is 21. The number of carboxylic acids is 1. The molecule has 0 aromatic rings. The van der Waals surface area contributed by atoms with Crippen molar-refractivity contribution in [2.24, 2.45) is 0 Å². The summed E-state index contributed by atoms with van der Waals surface area (Å²) < 4.78 is 0. The number of allylic oxidation sites excluding steroid dienone is 2. The molecule has 0 aliphatic heterocycles. The van der Waals surface area contributed by atoms with Crippen molar-refractivity contribution in [3.05, 3.63) is 24.8 Å². The SMILES string of the molecule is C=CCCCCCCCCCCCCCCCCC/C=C/CC(O)C(=O)O. The van der Waals surface area contributed by atoms with Crippen LogP contribution in [0.3, 0.4) is 0 Å². The van der Waals surface area contributed by atoms with Crippen LogP contribution in [-0.2, 0) is 4.79 Å². The molecule has 1 unspecified atom stereocenters. The molecule has 0 saturated heterocycles. The van der Waals surface area contributed by atoms with Crippen LogP contribution >= 0.6 is 0 Å². The van der Waals surface area contributed by atoms with Crippen LogP contribution in [0.15, 0.2) is 24.8 Å². The van der Waals surface area contributed by atoms with Crippen molar-refractivity contribution in [3.63, 3.8) is 0 Å². The zero-order valence-electron chi connectivity index (χ0n) is 17.5. The quantitative estimate of drug-likeness (QED) is 0.163. The molecule has 0 aliphatic carbocycles. The molecule has 27 heavy (non-hydrogen) atoms. The van der Waals surface area contributed by atoms with Crippen LogP contribution in [0.4, 0.5) is 0 Å². The summed E-state index contributed by atoms with van der Waals surface area (Å²) >= 11 is 0. The maximum absolute atomic E-state index is 10.4. The molecule has 3 nitrogen and oxygen atoms in total. The minimum absolute atomic E-state index is 0.213. The lowest BCUT2D eigenvalue weighted by molar-refractivity contribution is -0.146. The van der Waals surface area contributed by atoms with Crippen molar-refractivity contribution in [2.75, 3.05) is 0 Å². The Morgan fingerprint density at radius 2 is 1.04 bits per heavy atom. The van der Waals surface area contributed by atoms with Gasteiger partial charge in [-0.2, -0.15) is 0 Å². The van der Waals surface area contributed by atoms with Gasteiger partial charge in [-0.1, -0.05) is 102 Å². The smallest absolute Gasteiger partial charge is 0.332 e. The van der Waals surface area contributed by atoms with Crippen molar-refractivity contribution in [2.45, 2.75) is 122 Å². The van der Waals surface area contributed by atoms with Crippen molar-refractivity contribution in [3.8, 4) is 0 Å². The summed E-state index contributed by atoms with van der Waals surface area (Å²) in [4.78, 5) is 10.4. The number of hydrogen-bond acceptors (Lipinski definition) is 2. The van der Waals surface area contributed by atoms with E-state index < -0.39 is 12.1 Å². The van der Waals surface area contributed by atoms with Gasteiger partial charge in [-0.25, -0.2) is 4.79 Å². The summed E-state index contributed by atoms with van der Waals surface area (Å²) in [7, 11) is 0. The first-order chi connectivity index (χ1) is 13.2. The van der Waals surface area contributed by atoms with E-state index in [2.05, 4.69) is 6.58 Å². The Labute approximate surface area is 168 Å². The van der Waals surface area contributed by atoms with E-state index in [0.717, 1.165) is 12.8 Å². The Bertz CT molecular complexity index is 363. The fourth-order valence-corrected chi connectivity index (χ4v) is 3.29. The Hall–Kier alpha value is -1.09. The van der Waals surface area contributed by atoms with E-state index >= 15 is 0 Å². The molecule has 0 fully saturated rings. The predicted molar refractivity (Wildman–Crippen MR) is 116 cm³/mol. The monoisotopic (exact) mass is 380 g/mol. The molecule has 158 valence electrons. The first-order valence-electron chi connectivity index (χ1n) is 11.3. The van der Waals surface area contributed by atoms with Gasteiger partial charge in [0.1, 0.15) is 0 Å². The van der Waals surface area contributed by atoms with Gasteiger partial charge < -0.3 is 10.2 Å². The third kappa shape index (κ3) is 21.1. The molecule has 0 bridgehead atoms. The van der Waals surface area contributed by atoms with Gasteiger partial charge in [0.05, 0.1) is 0 Å². The topological polar surface area (TPSA) is 57.5 Å². The van der Waals surface area contributed by atoms with Crippen LogP contribution < -0.4 is 0 Å². The average Bonchev–Trinajstić information content (AvgIpc) is 2.66. The summed E-state index contributed by atoms with van der Waals surface area (Å²) in [5.41, 5.74) is 0. The van der Waals surface area contributed by atoms with Crippen molar-refractivity contribution in [1.82, 2.24) is 0 Å². The van der Waals surface area contributed by atoms with Gasteiger partial charge >= 0.3 is 5.97 Å². The second-order valence-electron chi connectivity index (χ2n) is 7.73. The highest BCUT2D eigenvalue weighted by atomic mass is 16.4. The summed E-state index contributed by atoms with van der Waals surface area (Å²) in [6.45, 7) is 3.76. The van der Waals surface area contributed by atoms with Crippen LogP contribution in [0.5, 0.6) is 0 Å². The van der Waals surface area contributed by atoms with E-state index in [4.69, 9.17) is 10.2 Å². The molecular formula is C24H44O3. The minimum Gasteiger partial charge on any atom is -0.479 e. The zero-order valence-corrected chi connectivity index (χ0v) is 17.5. The van der Waals surface area contributed by atoms with Crippen molar-refractivity contribution < 1.29 is 15.0 Å². The van der Waals surface area contributed by atoms with Gasteiger partial charge in [-0.3, -0.25) is 0 Å². The molecule has 0 aliphatic rings. The van der Waals surface area contributed by atoms with Crippen LogP contribution in [0, 0.1) is 0 Å². The Kier molecular flexibility index (Phi) is 20.4. The fraction of sp³-hybridized carbons (Fsp3) is 0.792. The van der Waals surface area contributed by atoms with Gasteiger partial charge in [0.25, 0.3) is 0 Å². The molecule has 0 aromatic heterocycles. The summed E-state index contributed by atoms with van der Waals surface area (Å²) in [5, 5.41) is 17.7. The van der Waals surface area contributed by atoms with E-state index in [1.54, 1.807) is 6.08 Å². The Balaban J connectivity index is 3.12. The highest BCUT2D eigenvalue weighted by Gasteiger charge is 2.09. The minimum atomic E-state index is -1.26. The predicted octanol–water partition coefficient (Wildman–Crippen LogP) is 7.20. The van der Waals surface area contributed by atoms with Gasteiger partial charge in [-0.15, -0.1) is 6.58 Å². The summed E-state index contributed by atoms with van der Waals surface area (Å²) in [6.07, 6.45) is 27.3. The lowest BCUT2D eigenvalue weighted by atomic mass is 10.0. The molecule has 0 heterocycles. The molecule has 3 heteroatoms. The highest BCUT2D eigenvalue weighted by molar-refractivity contribution is 5.72. The van der Waals surface area contributed by atoms with E-state index in [1.165, 1.54) is 96.3 Å². The number of aliphatic hydroxyl groups is 1. The maximum atomic E-state index is 10.4. The first kappa shape index (κ1) is 25.9. The number of aliphatic carboxylic acids is 1. The number of carboxylic acid groups (broad SMARTS) is 1. The highest BCUT2D eigenvalue weighted by Crippen LogP contribution is 2.14. The summed E-state index contributed by atoms with van der Waals surface area (Å²) in [5.74, 6) is -1.14. The molecule has 2 N–H and O–H groups in total. The number of hydrogen-bond donors (Lipinski definition) is 2.